The summed E-state index contributed by atoms with van der Waals surface area (Å²) < 4.78 is 29.0. The average molecular weight is 612 g/mol. The van der Waals surface area contributed by atoms with Crippen LogP contribution in [0.5, 0.6) is 17.4 Å². The number of hydrogen-bond acceptors (Lipinski definition) is 6. The lowest BCUT2D eigenvalue weighted by molar-refractivity contribution is -0.145. The summed E-state index contributed by atoms with van der Waals surface area (Å²) in [6, 6.07) is 16.7. The van der Waals surface area contributed by atoms with Crippen LogP contribution in [0.15, 0.2) is 60.8 Å². The van der Waals surface area contributed by atoms with E-state index in [9.17, 15) is 9.59 Å². The summed E-state index contributed by atoms with van der Waals surface area (Å²) in [6.45, 7) is 1.95. The van der Waals surface area contributed by atoms with Crippen LogP contribution in [0.3, 0.4) is 0 Å². The third kappa shape index (κ3) is 6.10. The largest absolute Gasteiger partial charge is 0.480 e. The van der Waals surface area contributed by atoms with Crippen LogP contribution in [0.25, 0.3) is 11.0 Å². The molecule has 4 heterocycles. The van der Waals surface area contributed by atoms with Crippen LogP contribution in [0.4, 0.5) is 4.39 Å². The Kier molecular flexibility index (Phi) is 8.12. The van der Waals surface area contributed by atoms with E-state index in [-0.39, 0.29) is 35.9 Å². The number of likely N-dealkylation sites (tertiary alicyclic amines) is 1. The van der Waals surface area contributed by atoms with Crippen LogP contribution < -0.4 is 9.47 Å². The Morgan fingerprint density at radius 3 is 2.62 bits per heavy atom. The molecule has 0 radical (unpaired) electrons. The van der Waals surface area contributed by atoms with Crippen molar-refractivity contribution in [2.45, 2.75) is 57.0 Å². The number of rotatable bonds is 9. The molecule has 4 aromatic rings. The normalized spacial score (nSPS) is 18.6. The van der Waals surface area contributed by atoms with Gasteiger partial charge in [-0.25, -0.2) is 9.37 Å². The zero-order chi connectivity index (χ0) is 30.9. The van der Waals surface area contributed by atoms with E-state index in [1.165, 1.54) is 24.1 Å². The molecule has 7 rings (SSSR count). The van der Waals surface area contributed by atoms with Gasteiger partial charge in [-0.3, -0.25) is 14.3 Å². The van der Waals surface area contributed by atoms with E-state index in [0.717, 1.165) is 44.3 Å². The lowest BCUT2D eigenvalue weighted by atomic mass is 9.72. The van der Waals surface area contributed by atoms with Crippen molar-refractivity contribution in [1.29, 1.82) is 0 Å². The number of amides is 2. The zero-order valence-electron chi connectivity index (χ0n) is 25.5. The fourth-order valence-electron chi connectivity index (χ4n) is 6.79. The first-order valence-electron chi connectivity index (χ1n) is 16.0. The second-order valence-corrected chi connectivity index (χ2v) is 12.5. The molecule has 0 N–H and O–H groups in total. The quantitative estimate of drug-likeness (QED) is 0.244. The maximum atomic E-state index is 15.1. The summed E-state index contributed by atoms with van der Waals surface area (Å²) in [4.78, 5) is 35.6. The van der Waals surface area contributed by atoms with Gasteiger partial charge in [-0.1, -0.05) is 36.8 Å². The van der Waals surface area contributed by atoms with Crippen molar-refractivity contribution in [3.8, 4) is 17.4 Å². The third-order valence-electron chi connectivity index (χ3n) is 9.59. The summed E-state index contributed by atoms with van der Waals surface area (Å²) in [6.07, 6.45) is 7.11. The van der Waals surface area contributed by atoms with Crippen LogP contribution in [0, 0.1) is 11.7 Å². The number of aromatic nitrogens is 3. The van der Waals surface area contributed by atoms with Gasteiger partial charge in [0.1, 0.15) is 11.3 Å². The van der Waals surface area contributed by atoms with Crippen LogP contribution >= 0.6 is 0 Å². The van der Waals surface area contributed by atoms with Crippen molar-refractivity contribution >= 4 is 22.8 Å². The van der Waals surface area contributed by atoms with Gasteiger partial charge < -0.3 is 19.3 Å². The summed E-state index contributed by atoms with van der Waals surface area (Å²) in [5.41, 5.74) is 3.34. The predicted octanol–water partition coefficient (Wildman–Crippen LogP) is 5.63. The Morgan fingerprint density at radius 2 is 1.87 bits per heavy atom. The van der Waals surface area contributed by atoms with Gasteiger partial charge in [-0.05, 0) is 67.7 Å². The first kappa shape index (κ1) is 29.3. The monoisotopic (exact) mass is 611 g/mol. The topological polar surface area (TPSA) is 89.8 Å². The van der Waals surface area contributed by atoms with E-state index >= 15 is 4.39 Å². The lowest BCUT2D eigenvalue weighted by Gasteiger charge is -2.39. The summed E-state index contributed by atoms with van der Waals surface area (Å²) >= 11 is 0. The van der Waals surface area contributed by atoms with Crippen molar-refractivity contribution in [2.75, 3.05) is 26.2 Å². The summed E-state index contributed by atoms with van der Waals surface area (Å²) in [5, 5.41) is 4.20. The van der Waals surface area contributed by atoms with Crippen molar-refractivity contribution in [3.05, 3.63) is 77.7 Å². The van der Waals surface area contributed by atoms with E-state index < -0.39 is 11.9 Å². The number of benzene rings is 2. The number of fused-ring (bicyclic) bond motifs is 2. The van der Waals surface area contributed by atoms with Crippen molar-refractivity contribution < 1.29 is 23.5 Å². The maximum absolute atomic E-state index is 15.1. The minimum Gasteiger partial charge on any atom is -0.480 e. The molecule has 0 bridgehead atoms. The Bertz CT molecular complexity index is 1700. The number of pyridine rings is 1. The van der Waals surface area contributed by atoms with Gasteiger partial charge >= 0.3 is 0 Å². The highest BCUT2D eigenvalue weighted by Crippen LogP contribution is 2.41. The van der Waals surface area contributed by atoms with Crippen LogP contribution in [0.2, 0.25) is 0 Å². The fourth-order valence-corrected chi connectivity index (χ4v) is 6.79. The molecule has 2 aliphatic heterocycles. The minimum atomic E-state index is -0.787. The number of ether oxygens (including phenoxy) is 2. The first-order chi connectivity index (χ1) is 21.9. The molecule has 10 heteroatoms. The molecule has 1 saturated carbocycles. The van der Waals surface area contributed by atoms with Crippen LogP contribution in [-0.2, 0) is 23.1 Å². The van der Waals surface area contributed by atoms with Crippen molar-refractivity contribution in [1.82, 2.24) is 24.6 Å². The molecule has 2 aromatic carbocycles. The summed E-state index contributed by atoms with van der Waals surface area (Å²) in [7, 11) is 1.82. The molecule has 0 unspecified atom stereocenters. The van der Waals surface area contributed by atoms with Gasteiger partial charge in [0.05, 0.1) is 18.3 Å². The highest BCUT2D eigenvalue weighted by molar-refractivity contribution is 5.87. The van der Waals surface area contributed by atoms with Gasteiger partial charge in [0.2, 0.25) is 11.8 Å². The molecule has 2 aromatic heterocycles. The molecule has 2 atom stereocenters. The second-order valence-electron chi connectivity index (χ2n) is 12.5. The van der Waals surface area contributed by atoms with Crippen molar-refractivity contribution in [2.24, 2.45) is 13.0 Å². The second kappa shape index (κ2) is 12.5. The predicted molar refractivity (Wildman–Crippen MR) is 167 cm³/mol. The van der Waals surface area contributed by atoms with Gasteiger partial charge in [0.15, 0.2) is 17.7 Å². The molecule has 2 fully saturated rings. The Labute approximate surface area is 261 Å². The van der Waals surface area contributed by atoms with Gasteiger partial charge in [0.25, 0.3) is 5.91 Å². The molecular formula is C35H38FN5O4. The van der Waals surface area contributed by atoms with E-state index in [4.69, 9.17) is 9.47 Å². The van der Waals surface area contributed by atoms with E-state index in [2.05, 4.69) is 22.2 Å². The zero-order valence-corrected chi connectivity index (χ0v) is 25.5. The molecule has 0 spiro atoms. The molecule has 1 saturated heterocycles. The highest BCUT2D eigenvalue weighted by atomic mass is 19.1. The van der Waals surface area contributed by atoms with Gasteiger partial charge in [0, 0.05) is 44.7 Å². The number of aryl methyl sites for hydroxylation is 2. The van der Waals surface area contributed by atoms with E-state index in [0.29, 0.717) is 42.1 Å². The summed E-state index contributed by atoms with van der Waals surface area (Å²) in [5.74, 6) is 0.462. The molecule has 3 aliphatic rings. The molecule has 45 heavy (non-hydrogen) atoms. The molecule has 1 aliphatic carbocycles. The average Bonchev–Trinajstić information content (AvgIpc) is 3.70. The lowest BCUT2D eigenvalue weighted by Crippen LogP contribution is -2.50. The molecular weight excluding hydrogens is 573 g/mol. The SMILES string of the molecule is Cn1ncc2nc(Oc3cc4c(cc3F)CC[C@H](C(=O)N(CC(=O)N3CCCC3)C[C@@H](c3ccccc3)C3CCC3)O4)ccc21. The van der Waals surface area contributed by atoms with E-state index in [1.54, 1.807) is 21.8 Å². The third-order valence-corrected chi connectivity index (χ3v) is 9.59. The molecule has 2 amide bonds. The van der Waals surface area contributed by atoms with E-state index in [1.807, 2.05) is 36.2 Å². The van der Waals surface area contributed by atoms with Crippen molar-refractivity contribution in [3.63, 3.8) is 0 Å². The Hall–Kier alpha value is -4.47. The van der Waals surface area contributed by atoms with Crippen LogP contribution in [0.1, 0.15) is 55.6 Å². The Balaban J connectivity index is 1.12. The number of hydrogen-bond donors (Lipinski definition) is 0. The first-order valence-corrected chi connectivity index (χ1v) is 16.0. The van der Waals surface area contributed by atoms with Gasteiger partial charge in [-0.2, -0.15) is 5.10 Å². The highest BCUT2D eigenvalue weighted by Gasteiger charge is 2.37. The number of nitrogens with zero attached hydrogens (tertiary/aromatic N) is 5. The minimum absolute atomic E-state index is 0.0201. The number of halogens is 1. The maximum Gasteiger partial charge on any atom is 0.264 e. The fraction of sp³-hybridized carbons (Fsp3) is 0.429. The molecule has 234 valence electrons. The van der Waals surface area contributed by atoms with Crippen LogP contribution in [-0.4, -0.2) is 68.7 Å². The Morgan fingerprint density at radius 1 is 1.07 bits per heavy atom. The number of carbonyl (C=O) groups excluding carboxylic acids is 2. The number of carbonyl (C=O) groups is 2. The molecule has 9 nitrogen and oxygen atoms in total. The smallest absolute Gasteiger partial charge is 0.264 e. The standard InChI is InChI=1S/C35H38FN5O4/c1-39-29-13-15-33(38-28(29)20-37-39)45-32-19-31-25(18-27(32)36)12-14-30(44-31)35(43)41(22-34(42)40-16-5-6-17-40)21-26(24-10-7-11-24)23-8-3-2-4-9-23/h2-4,8-9,13,15,18-20,24,26,30H,5-7,10-12,14,16-17,21-22H2,1H3/t26-,30+/m0/s1. The van der Waals surface area contributed by atoms with Gasteiger partial charge in [-0.15, -0.1) is 0 Å².